The van der Waals surface area contributed by atoms with Crippen LogP contribution in [0.5, 0.6) is 0 Å². The summed E-state index contributed by atoms with van der Waals surface area (Å²) in [5.74, 6) is 2.86. The molecule has 21 heavy (non-hydrogen) atoms. The number of aliphatic imine (C=N–C) groups is 1. The molecule has 0 aliphatic rings. The normalized spacial score (nSPS) is 11.7. The molecule has 0 bridgehead atoms. The Hall–Kier alpha value is -2.77. The molecule has 2 aromatic rings. The van der Waals surface area contributed by atoms with Gasteiger partial charge in [0.05, 0.1) is 17.1 Å². The molecular weight excluding hydrogens is 258 g/mol. The summed E-state index contributed by atoms with van der Waals surface area (Å²) in [5.41, 5.74) is 3.56. The van der Waals surface area contributed by atoms with Gasteiger partial charge in [-0.05, 0) is 37.4 Å². The van der Waals surface area contributed by atoms with Crippen molar-refractivity contribution in [2.75, 3.05) is 0 Å². The van der Waals surface area contributed by atoms with Crippen molar-refractivity contribution in [3.8, 4) is 0 Å². The fourth-order valence-electron chi connectivity index (χ4n) is 1.62. The first kappa shape index (κ1) is 14.6. The molecule has 104 valence electrons. The van der Waals surface area contributed by atoms with Crippen LogP contribution in [0.1, 0.15) is 19.4 Å². The standard InChI is InChI=1S/C18H17N3/c1-15(13-14-19-18-11-7-4-8-12-18)20-21-16(2)17-9-5-3-6-10-17/h3-13H,1-2H3/b20-15+,21-16+. The lowest BCUT2D eigenvalue weighted by atomic mass is 10.1. The molecule has 0 aliphatic heterocycles. The van der Waals surface area contributed by atoms with Crippen LogP contribution < -0.4 is 0 Å². The van der Waals surface area contributed by atoms with Crippen LogP contribution in [-0.4, -0.2) is 17.3 Å². The number of rotatable bonds is 4. The molecule has 0 aromatic heterocycles. The summed E-state index contributed by atoms with van der Waals surface area (Å²) in [5, 5.41) is 8.37. The van der Waals surface area contributed by atoms with Crippen molar-refractivity contribution in [1.29, 1.82) is 0 Å². The zero-order valence-corrected chi connectivity index (χ0v) is 12.2. The first-order chi connectivity index (χ1) is 10.3. The molecule has 0 atom stereocenters. The fourth-order valence-corrected chi connectivity index (χ4v) is 1.62. The minimum Gasteiger partial charge on any atom is -0.206 e. The molecule has 3 nitrogen and oxygen atoms in total. The Morgan fingerprint density at radius 1 is 0.857 bits per heavy atom. The molecule has 0 radical (unpaired) electrons. The van der Waals surface area contributed by atoms with Crippen molar-refractivity contribution in [1.82, 2.24) is 0 Å². The second-order valence-corrected chi connectivity index (χ2v) is 4.51. The maximum atomic E-state index is 4.21. The molecule has 2 aromatic carbocycles. The second kappa shape index (κ2) is 7.73. The van der Waals surface area contributed by atoms with Gasteiger partial charge in [-0.3, -0.25) is 0 Å². The van der Waals surface area contributed by atoms with Crippen molar-refractivity contribution in [2.24, 2.45) is 15.2 Å². The van der Waals surface area contributed by atoms with Crippen molar-refractivity contribution < 1.29 is 0 Å². The lowest BCUT2D eigenvalue weighted by Gasteiger charge is -1.96. The van der Waals surface area contributed by atoms with E-state index < -0.39 is 0 Å². The van der Waals surface area contributed by atoms with E-state index in [0.29, 0.717) is 0 Å². The van der Waals surface area contributed by atoms with E-state index in [2.05, 4.69) is 21.1 Å². The number of hydrogen-bond acceptors (Lipinski definition) is 3. The van der Waals surface area contributed by atoms with Gasteiger partial charge in [-0.25, -0.2) is 4.99 Å². The van der Waals surface area contributed by atoms with Gasteiger partial charge in [-0.1, -0.05) is 48.5 Å². The van der Waals surface area contributed by atoms with Gasteiger partial charge in [0.2, 0.25) is 0 Å². The molecule has 0 spiro atoms. The lowest BCUT2D eigenvalue weighted by Crippen LogP contribution is -1.93. The highest BCUT2D eigenvalue weighted by Crippen LogP contribution is 2.07. The summed E-state index contributed by atoms with van der Waals surface area (Å²) in [4.78, 5) is 4.20. The molecule has 3 heteroatoms. The highest BCUT2D eigenvalue weighted by Gasteiger charge is 1.94. The minimum atomic E-state index is 0.755. The zero-order valence-electron chi connectivity index (χ0n) is 12.2. The highest BCUT2D eigenvalue weighted by atomic mass is 15.2. The third kappa shape index (κ3) is 5.01. The quantitative estimate of drug-likeness (QED) is 0.585. The van der Waals surface area contributed by atoms with Gasteiger partial charge in [-0.15, -0.1) is 0 Å². The monoisotopic (exact) mass is 275 g/mol. The van der Waals surface area contributed by atoms with Crippen molar-refractivity contribution in [3.05, 3.63) is 72.3 Å². The van der Waals surface area contributed by atoms with E-state index in [9.17, 15) is 0 Å². The molecule has 2 rings (SSSR count). The van der Waals surface area contributed by atoms with E-state index >= 15 is 0 Å². The van der Waals surface area contributed by atoms with Gasteiger partial charge in [-0.2, -0.15) is 10.2 Å². The average molecular weight is 275 g/mol. The Bertz CT molecular complexity index is 692. The predicted octanol–water partition coefficient (Wildman–Crippen LogP) is 4.43. The number of hydrogen-bond donors (Lipinski definition) is 0. The topological polar surface area (TPSA) is 37.1 Å². The van der Waals surface area contributed by atoms with Gasteiger partial charge in [0.15, 0.2) is 0 Å². The Morgan fingerprint density at radius 3 is 2.14 bits per heavy atom. The maximum absolute atomic E-state index is 4.21. The van der Waals surface area contributed by atoms with Crippen LogP contribution in [0.25, 0.3) is 0 Å². The number of allylic oxidation sites excluding steroid dienone is 1. The van der Waals surface area contributed by atoms with Gasteiger partial charge in [0, 0.05) is 6.08 Å². The average Bonchev–Trinajstić information content (AvgIpc) is 2.54. The van der Waals surface area contributed by atoms with Crippen molar-refractivity contribution >= 4 is 23.0 Å². The first-order valence-electron chi connectivity index (χ1n) is 6.74. The van der Waals surface area contributed by atoms with Crippen LogP contribution in [0.2, 0.25) is 0 Å². The molecule has 0 amide bonds. The van der Waals surface area contributed by atoms with Gasteiger partial charge >= 0.3 is 0 Å². The van der Waals surface area contributed by atoms with Crippen LogP contribution in [0, 0.1) is 0 Å². The summed E-state index contributed by atoms with van der Waals surface area (Å²) in [6, 6.07) is 19.6. The van der Waals surface area contributed by atoms with Crippen LogP contribution in [-0.2, 0) is 0 Å². The summed E-state index contributed by atoms with van der Waals surface area (Å²) in [6.07, 6.45) is 1.72. The second-order valence-electron chi connectivity index (χ2n) is 4.51. The van der Waals surface area contributed by atoms with E-state index in [4.69, 9.17) is 0 Å². The third-order valence-corrected chi connectivity index (χ3v) is 2.77. The van der Waals surface area contributed by atoms with E-state index in [1.165, 1.54) is 0 Å². The zero-order chi connectivity index (χ0) is 14.9. The highest BCUT2D eigenvalue weighted by molar-refractivity contribution is 6.02. The molecule has 0 N–H and O–H groups in total. The minimum absolute atomic E-state index is 0.755. The predicted molar refractivity (Wildman–Crippen MR) is 89.9 cm³/mol. The molecule has 0 heterocycles. The molecule has 0 aliphatic carbocycles. The lowest BCUT2D eigenvalue weighted by molar-refractivity contribution is 1.22. The first-order valence-corrected chi connectivity index (χ1v) is 6.74. The largest absolute Gasteiger partial charge is 0.206 e. The summed E-state index contributed by atoms with van der Waals surface area (Å²) in [6.45, 7) is 3.81. The molecule has 0 saturated carbocycles. The summed E-state index contributed by atoms with van der Waals surface area (Å²) >= 11 is 0. The van der Waals surface area contributed by atoms with Crippen LogP contribution in [0.4, 0.5) is 5.69 Å². The maximum Gasteiger partial charge on any atom is 0.0729 e. The number of para-hydroxylation sites is 1. The Morgan fingerprint density at radius 2 is 1.48 bits per heavy atom. The smallest absolute Gasteiger partial charge is 0.0729 e. The Kier molecular flexibility index (Phi) is 5.39. The van der Waals surface area contributed by atoms with Crippen LogP contribution >= 0.6 is 0 Å². The fraction of sp³-hybridized carbons (Fsp3) is 0.111. The number of nitrogens with zero attached hydrogens (tertiary/aromatic N) is 3. The Balaban J connectivity index is 2.06. The van der Waals surface area contributed by atoms with Gasteiger partial charge < -0.3 is 0 Å². The molecule has 0 saturated heterocycles. The third-order valence-electron chi connectivity index (χ3n) is 2.77. The van der Waals surface area contributed by atoms with Crippen molar-refractivity contribution in [3.63, 3.8) is 0 Å². The van der Waals surface area contributed by atoms with E-state index in [1.807, 2.05) is 74.5 Å². The summed E-state index contributed by atoms with van der Waals surface area (Å²) in [7, 11) is 0. The van der Waals surface area contributed by atoms with Crippen LogP contribution in [0.3, 0.4) is 0 Å². The van der Waals surface area contributed by atoms with Crippen LogP contribution in [0.15, 0.2) is 81.9 Å². The van der Waals surface area contributed by atoms with Crippen molar-refractivity contribution in [2.45, 2.75) is 13.8 Å². The molecule has 0 unspecified atom stereocenters. The number of benzene rings is 2. The summed E-state index contributed by atoms with van der Waals surface area (Å²) < 4.78 is 0. The van der Waals surface area contributed by atoms with Gasteiger partial charge in [0.1, 0.15) is 0 Å². The van der Waals surface area contributed by atoms with Gasteiger partial charge in [0.25, 0.3) is 0 Å². The Labute approximate surface area is 125 Å². The SMILES string of the molecule is C/C(C=C=Nc1ccccc1)=N\N=C(/C)c1ccccc1. The molecular formula is C18H17N3. The van der Waals surface area contributed by atoms with E-state index in [-0.39, 0.29) is 0 Å². The van der Waals surface area contributed by atoms with E-state index in [1.54, 1.807) is 6.08 Å². The molecule has 0 fully saturated rings. The van der Waals surface area contributed by atoms with E-state index in [0.717, 1.165) is 22.7 Å².